The maximum Gasteiger partial charge on any atom is 0.125 e. The lowest BCUT2D eigenvalue weighted by atomic mass is 9.94. The number of nitrogens with one attached hydrogen (secondary N) is 2. The minimum absolute atomic E-state index is 0.460. The van der Waals surface area contributed by atoms with Gasteiger partial charge in [0, 0.05) is 25.8 Å². The fraction of sp³-hybridized carbons (Fsp3) is 1.00. The van der Waals surface area contributed by atoms with Gasteiger partial charge < -0.3 is 15.4 Å². The van der Waals surface area contributed by atoms with Gasteiger partial charge in [-0.1, -0.05) is 0 Å². The second-order valence-electron chi connectivity index (χ2n) is 4.67. The Kier molecular flexibility index (Phi) is 3.94. The van der Waals surface area contributed by atoms with Crippen LogP contribution in [0.3, 0.4) is 0 Å². The summed E-state index contributed by atoms with van der Waals surface area (Å²) in [5.74, 6) is 0. The van der Waals surface area contributed by atoms with Crippen molar-refractivity contribution in [1.29, 1.82) is 0 Å². The molecule has 0 aromatic heterocycles. The van der Waals surface area contributed by atoms with Crippen molar-refractivity contribution in [2.45, 2.75) is 37.4 Å². The van der Waals surface area contributed by atoms with E-state index in [0.717, 1.165) is 39.1 Å². The van der Waals surface area contributed by atoms with Gasteiger partial charge in [-0.05, 0) is 38.8 Å². The highest BCUT2D eigenvalue weighted by molar-refractivity contribution is 4.88. The molecule has 0 amide bonds. The molecule has 2 N–H and O–H groups in total. The molecule has 3 nitrogen and oxygen atoms in total. The first-order valence-corrected chi connectivity index (χ1v) is 5.99. The molecule has 15 heavy (non-hydrogen) atoms. The summed E-state index contributed by atoms with van der Waals surface area (Å²) in [6, 6.07) is 0.460. The second-order valence-corrected chi connectivity index (χ2v) is 4.67. The van der Waals surface area contributed by atoms with Gasteiger partial charge in [0.2, 0.25) is 0 Å². The van der Waals surface area contributed by atoms with E-state index in [1.807, 2.05) is 0 Å². The van der Waals surface area contributed by atoms with Gasteiger partial charge in [0.05, 0.1) is 0 Å². The maximum atomic E-state index is 14.2. The number of alkyl halides is 1. The Morgan fingerprint density at radius 1 is 1.27 bits per heavy atom. The summed E-state index contributed by atoms with van der Waals surface area (Å²) in [7, 11) is 0. The smallest absolute Gasteiger partial charge is 0.125 e. The van der Waals surface area contributed by atoms with Crippen LogP contribution in [0.25, 0.3) is 0 Å². The number of hydrogen-bond donors (Lipinski definition) is 2. The lowest BCUT2D eigenvalue weighted by Crippen LogP contribution is -2.48. The molecule has 0 radical (unpaired) electrons. The molecule has 0 spiro atoms. The second kappa shape index (κ2) is 5.23. The van der Waals surface area contributed by atoms with E-state index in [9.17, 15) is 4.39 Å². The van der Waals surface area contributed by atoms with Crippen molar-refractivity contribution in [2.75, 3.05) is 32.8 Å². The van der Waals surface area contributed by atoms with E-state index in [2.05, 4.69) is 10.6 Å². The molecule has 0 saturated carbocycles. The molecule has 2 fully saturated rings. The molecule has 0 atom stereocenters. The number of piperidine rings is 1. The molecule has 0 aromatic rings. The molecule has 2 heterocycles. The minimum Gasteiger partial charge on any atom is -0.381 e. The quantitative estimate of drug-likeness (QED) is 0.733. The minimum atomic E-state index is -0.983. The Bertz CT molecular complexity index is 189. The van der Waals surface area contributed by atoms with E-state index in [4.69, 9.17) is 4.74 Å². The van der Waals surface area contributed by atoms with Crippen LogP contribution in [0, 0.1) is 0 Å². The Balaban J connectivity index is 1.70. The molecule has 0 unspecified atom stereocenters. The molecule has 0 bridgehead atoms. The zero-order chi connectivity index (χ0) is 10.6. The van der Waals surface area contributed by atoms with Gasteiger partial charge in [0.1, 0.15) is 5.67 Å². The summed E-state index contributed by atoms with van der Waals surface area (Å²) in [6.07, 6.45) is 3.33. The molecule has 2 aliphatic heterocycles. The fourth-order valence-corrected chi connectivity index (χ4v) is 2.28. The zero-order valence-electron chi connectivity index (χ0n) is 9.23. The zero-order valence-corrected chi connectivity index (χ0v) is 9.23. The highest BCUT2D eigenvalue weighted by atomic mass is 19.1. The van der Waals surface area contributed by atoms with Gasteiger partial charge in [-0.15, -0.1) is 0 Å². The van der Waals surface area contributed by atoms with Gasteiger partial charge in [-0.3, -0.25) is 0 Å². The van der Waals surface area contributed by atoms with Crippen molar-refractivity contribution in [3.63, 3.8) is 0 Å². The molecule has 0 aromatic carbocycles. The van der Waals surface area contributed by atoms with Crippen LogP contribution in [0.15, 0.2) is 0 Å². The molecule has 2 aliphatic rings. The van der Waals surface area contributed by atoms with Crippen LogP contribution in [0.2, 0.25) is 0 Å². The van der Waals surface area contributed by atoms with Gasteiger partial charge >= 0.3 is 0 Å². The average molecular weight is 216 g/mol. The van der Waals surface area contributed by atoms with Crippen LogP contribution in [-0.2, 0) is 4.74 Å². The van der Waals surface area contributed by atoms with Crippen molar-refractivity contribution in [2.24, 2.45) is 0 Å². The predicted molar refractivity (Wildman–Crippen MR) is 57.8 cm³/mol. The SMILES string of the molecule is FC1(CNC2CCOCC2)CCNCC1. The van der Waals surface area contributed by atoms with Crippen molar-refractivity contribution in [3.8, 4) is 0 Å². The first-order valence-electron chi connectivity index (χ1n) is 5.99. The number of rotatable bonds is 3. The van der Waals surface area contributed by atoms with Crippen LogP contribution in [0.1, 0.15) is 25.7 Å². The van der Waals surface area contributed by atoms with Crippen LogP contribution >= 0.6 is 0 Å². The van der Waals surface area contributed by atoms with E-state index in [0.29, 0.717) is 25.4 Å². The van der Waals surface area contributed by atoms with Gasteiger partial charge in [0.15, 0.2) is 0 Å². The van der Waals surface area contributed by atoms with Gasteiger partial charge in [0.25, 0.3) is 0 Å². The molecular weight excluding hydrogens is 195 g/mol. The van der Waals surface area contributed by atoms with Crippen LogP contribution < -0.4 is 10.6 Å². The molecule has 0 aliphatic carbocycles. The third-order valence-electron chi connectivity index (χ3n) is 3.43. The topological polar surface area (TPSA) is 33.3 Å². The Hall–Kier alpha value is -0.190. The first kappa shape index (κ1) is 11.3. The third-order valence-corrected chi connectivity index (χ3v) is 3.43. The van der Waals surface area contributed by atoms with Gasteiger partial charge in [-0.2, -0.15) is 0 Å². The highest BCUT2D eigenvalue weighted by Gasteiger charge is 2.32. The summed E-state index contributed by atoms with van der Waals surface area (Å²) in [5, 5.41) is 6.54. The van der Waals surface area contributed by atoms with Crippen LogP contribution in [0.4, 0.5) is 4.39 Å². The standard InChI is InChI=1S/C11H21FN2O/c12-11(3-5-13-6-4-11)9-14-10-1-7-15-8-2-10/h10,13-14H,1-9H2. The summed E-state index contributed by atoms with van der Waals surface area (Å²) in [5.41, 5.74) is -0.983. The monoisotopic (exact) mass is 216 g/mol. The normalized spacial score (nSPS) is 27.8. The van der Waals surface area contributed by atoms with E-state index >= 15 is 0 Å². The van der Waals surface area contributed by atoms with Crippen LogP contribution in [0.5, 0.6) is 0 Å². The van der Waals surface area contributed by atoms with E-state index in [-0.39, 0.29) is 0 Å². The van der Waals surface area contributed by atoms with Crippen molar-refractivity contribution in [3.05, 3.63) is 0 Å². The average Bonchev–Trinajstić information content (AvgIpc) is 2.29. The molecule has 2 rings (SSSR count). The Morgan fingerprint density at radius 2 is 1.93 bits per heavy atom. The summed E-state index contributed by atoms with van der Waals surface area (Å²) in [6.45, 7) is 3.77. The van der Waals surface area contributed by atoms with Crippen LogP contribution in [-0.4, -0.2) is 44.6 Å². The Labute approximate surface area is 90.8 Å². The van der Waals surface area contributed by atoms with E-state index in [1.165, 1.54) is 0 Å². The van der Waals surface area contributed by atoms with E-state index in [1.54, 1.807) is 0 Å². The van der Waals surface area contributed by atoms with Crippen molar-refractivity contribution in [1.82, 2.24) is 10.6 Å². The van der Waals surface area contributed by atoms with E-state index < -0.39 is 5.67 Å². The molecular formula is C11H21FN2O. The fourth-order valence-electron chi connectivity index (χ4n) is 2.28. The van der Waals surface area contributed by atoms with Gasteiger partial charge in [-0.25, -0.2) is 4.39 Å². The highest BCUT2D eigenvalue weighted by Crippen LogP contribution is 2.22. The van der Waals surface area contributed by atoms with Crippen molar-refractivity contribution < 1.29 is 9.13 Å². The number of halogens is 1. The maximum absolute atomic E-state index is 14.2. The predicted octanol–water partition coefficient (Wildman–Crippen LogP) is 0.847. The Morgan fingerprint density at radius 3 is 2.60 bits per heavy atom. The lowest BCUT2D eigenvalue weighted by Gasteiger charge is -2.33. The summed E-state index contributed by atoms with van der Waals surface area (Å²) < 4.78 is 19.5. The lowest BCUT2D eigenvalue weighted by molar-refractivity contribution is 0.0633. The molecule has 4 heteroatoms. The first-order chi connectivity index (χ1) is 7.29. The number of ether oxygens (including phenoxy) is 1. The third kappa shape index (κ3) is 3.40. The molecule has 2 saturated heterocycles. The molecule has 88 valence electrons. The summed E-state index contributed by atoms with van der Waals surface area (Å²) >= 11 is 0. The largest absolute Gasteiger partial charge is 0.381 e. The summed E-state index contributed by atoms with van der Waals surface area (Å²) in [4.78, 5) is 0. The van der Waals surface area contributed by atoms with Crippen molar-refractivity contribution >= 4 is 0 Å². The number of hydrogen-bond acceptors (Lipinski definition) is 3.